The highest BCUT2D eigenvalue weighted by atomic mass is 16.6. The highest BCUT2D eigenvalue weighted by Gasteiger charge is 2.06. The van der Waals surface area contributed by atoms with Gasteiger partial charge in [-0.15, -0.1) is 0 Å². The van der Waals surface area contributed by atoms with Crippen molar-refractivity contribution in [1.29, 1.82) is 5.26 Å². The fourth-order valence-electron chi connectivity index (χ4n) is 1.58. The van der Waals surface area contributed by atoms with E-state index < -0.39 is 5.97 Å². The quantitative estimate of drug-likeness (QED) is 0.662. The number of nitrogens with two attached hydrogens (primary N) is 1. The zero-order valence-corrected chi connectivity index (χ0v) is 11.2. The molecule has 1 aromatic heterocycles. The Morgan fingerprint density at radius 2 is 2.19 bits per heavy atom. The van der Waals surface area contributed by atoms with Crippen molar-refractivity contribution in [3.63, 3.8) is 0 Å². The summed E-state index contributed by atoms with van der Waals surface area (Å²) in [5.74, 6) is -0.00428. The number of pyridine rings is 1. The average molecular weight is 283 g/mol. The Labute approximate surface area is 121 Å². The minimum Gasteiger partial charge on any atom is -0.482 e. The van der Waals surface area contributed by atoms with E-state index in [-0.39, 0.29) is 18.9 Å². The molecule has 0 unspecified atom stereocenters. The molecule has 0 saturated carbocycles. The van der Waals surface area contributed by atoms with Gasteiger partial charge in [0.15, 0.2) is 6.61 Å². The summed E-state index contributed by atoms with van der Waals surface area (Å²) in [6, 6.07) is 11.9. The van der Waals surface area contributed by atoms with E-state index in [1.165, 1.54) is 6.20 Å². The van der Waals surface area contributed by atoms with Crippen molar-refractivity contribution >= 4 is 11.7 Å². The summed E-state index contributed by atoms with van der Waals surface area (Å²) in [6.45, 7) is -0.143. The standard InChI is InChI=1S/C15H13N3O3/c16-8-13-6-11(4-5-18-13)9-21-15(19)10-20-14-3-1-2-12(17)7-14/h1-7H,9-10,17H2. The molecule has 0 radical (unpaired) electrons. The molecule has 6 heteroatoms. The van der Waals surface area contributed by atoms with Gasteiger partial charge in [0.2, 0.25) is 0 Å². The van der Waals surface area contributed by atoms with Crippen LogP contribution in [0, 0.1) is 11.3 Å². The topological polar surface area (TPSA) is 98.2 Å². The van der Waals surface area contributed by atoms with Gasteiger partial charge in [0.1, 0.15) is 24.1 Å². The predicted octanol–water partition coefficient (Wildman–Crippen LogP) is 1.66. The minimum absolute atomic E-state index is 0.0658. The molecular formula is C15H13N3O3. The number of anilines is 1. The van der Waals surface area contributed by atoms with Crippen LogP contribution >= 0.6 is 0 Å². The summed E-state index contributed by atoms with van der Waals surface area (Å²) in [7, 11) is 0. The molecule has 21 heavy (non-hydrogen) atoms. The molecule has 2 N–H and O–H groups in total. The second-order valence-corrected chi connectivity index (χ2v) is 4.18. The monoisotopic (exact) mass is 283 g/mol. The van der Waals surface area contributed by atoms with E-state index in [4.69, 9.17) is 20.5 Å². The molecule has 0 amide bonds. The van der Waals surface area contributed by atoms with Crippen molar-refractivity contribution < 1.29 is 14.3 Å². The number of carbonyl (C=O) groups is 1. The first-order chi connectivity index (χ1) is 10.2. The smallest absolute Gasteiger partial charge is 0.344 e. The molecule has 0 spiro atoms. The van der Waals surface area contributed by atoms with E-state index in [0.29, 0.717) is 17.0 Å². The van der Waals surface area contributed by atoms with E-state index in [9.17, 15) is 4.79 Å². The lowest BCUT2D eigenvalue weighted by molar-refractivity contribution is -0.147. The van der Waals surface area contributed by atoms with Gasteiger partial charge in [-0.2, -0.15) is 5.26 Å². The third-order valence-corrected chi connectivity index (χ3v) is 2.55. The number of carbonyl (C=O) groups excluding carboxylic acids is 1. The Balaban J connectivity index is 1.81. The van der Waals surface area contributed by atoms with E-state index in [1.807, 2.05) is 6.07 Å². The molecule has 0 aliphatic carbocycles. The SMILES string of the molecule is N#Cc1cc(COC(=O)COc2cccc(N)c2)ccn1. The number of rotatable bonds is 5. The van der Waals surface area contributed by atoms with E-state index in [1.54, 1.807) is 36.4 Å². The Morgan fingerprint density at radius 3 is 2.95 bits per heavy atom. The molecule has 1 heterocycles. The fourth-order valence-corrected chi connectivity index (χ4v) is 1.58. The first-order valence-corrected chi connectivity index (χ1v) is 6.16. The Hall–Kier alpha value is -3.07. The summed E-state index contributed by atoms with van der Waals surface area (Å²) in [6.07, 6.45) is 1.49. The molecule has 1 aromatic carbocycles. The highest BCUT2D eigenvalue weighted by molar-refractivity contribution is 5.71. The number of aromatic nitrogens is 1. The number of nitrogen functional groups attached to an aromatic ring is 1. The second-order valence-electron chi connectivity index (χ2n) is 4.18. The third-order valence-electron chi connectivity index (χ3n) is 2.55. The molecule has 0 fully saturated rings. The van der Waals surface area contributed by atoms with Gasteiger partial charge in [0.25, 0.3) is 0 Å². The normalized spacial score (nSPS) is 9.67. The average Bonchev–Trinajstić information content (AvgIpc) is 2.51. The van der Waals surface area contributed by atoms with Crippen LogP contribution in [0.15, 0.2) is 42.6 Å². The summed E-state index contributed by atoms with van der Waals surface area (Å²) in [5, 5.41) is 8.72. The van der Waals surface area contributed by atoms with Crippen LogP contribution in [0.1, 0.15) is 11.3 Å². The first-order valence-electron chi connectivity index (χ1n) is 6.16. The maximum Gasteiger partial charge on any atom is 0.344 e. The third kappa shape index (κ3) is 4.51. The van der Waals surface area contributed by atoms with Crippen LogP contribution in [0.3, 0.4) is 0 Å². The van der Waals surface area contributed by atoms with Crippen molar-refractivity contribution in [3.05, 3.63) is 53.9 Å². The summed E-state index contributed by atoms with van der Waals surface area (Å²) < 4.78 is 10.3. The summed E-state index contributed by atoms with van der Waals surface area (Å²) in [5.41, 5.74) is 7.13. The van der Waals surface area contributed by atoms with Crippen molar-refractivity contribution in [1.82, 2.24) is 4.98 Å². The lowest BCUT2D eigenvalue weighted by Gasteiger charge is -2.07. The minimum atomic E-state index is -0.507. The van der Waals surface area contributed by atoms with Gasteiger partial charge in [-0.05, 0) is 29.8 Å². The molecule has 2 aromatic rings. The van der Waals surface area contributed by atoms with Gasteiger partial charge >= 0.3 is 5.97 Å². The van der Waals surface area contributed by atoms with Crippen molar-refractivity contribution in [2.24, 2.45) is 0 Å². The van der Waals surface area contributed by atoms with Crippen LogP contribution in [-0.4, -0.2) is 17.6 Å². The highest BCUT2D eigenvalue weighted by Crippen LogP contribution is 2.14. The van der Waals surface area contributed by atoms with Gasteiger partial charge in [-0.1, -0.05) is 6.07 Å². The van der Waals surface area contributed by atoms with Crippen LogP contribution in [0.25, 0.3) is 0 Å². The van der Waals surface area contributed by atoms with Crippen molar-refractivity contribution in [2.45, 2.75) is 6.61 Å². The van der Waals surface area contributed by atoms with Gasteiger partial charge in [-0.25, -0.2) is 9.78 Å². The molecule has 106 valence electrons. The zero-order chi connectivity index (χ0) is 15.1. The number of ether oxygens (including phenoxy) is 2. The number of hydrogen-bond donors (Lipinski definition) is 1. The largest absolute Gasteiger partial charge is 0.482 e. The zero-order valence-electron chi connectivity index (χ0n) is 11.2. The number of hydrogen-bond acceptors (Lipinski definition) is 6. The van der Waals surface area contributed by atoms with Crippen LogP contribution in [-0.2, 0) is 16.1 Å². The van der Waals surface area contributed by atoms with Crippen LogP contribution in [0.4, 0.5) is 5.69 Å². The van der Waals surface area contributed by atoms with Gasteiger partial charge in [-0.3, -0.25) is 0 Å². The Morgan fingerprint density at radius 1 is 1.33 bits per heavy atom. The summed E-state index contributed by atoms with van der Waals surface area (Å²) in [4.78, 5) is 15.4. The Kier molecular flexibility index (Phi) is 4.72. The molecule has 6 nitrogen and oxygen atoms in total. The second kappa shape index (κ2) is 6.91. The number of nitriles is 1. The molecule has 0 bridgehead atoms. The number of esters is 1. The van der Waals surface area contributed by atoms with Gasteiger partial charge in [0, 0.05) is 18.0 Å². The number of nitrogens with zero attached hydrogens (tertiary/aromatic N) is 2. The van der Waals surface area contributed by atoms with Crippen LogP contribution < -0.4 is 10.5 Å². The fraction of sp³-hybridized carbons (Fsp3) is 0.133. The molecule has 0 saturated heterocycles. The lowest BCUT2D eigenvalue weighted by Crippen LogP contribution is -2.14. The molecular weight excluding hydrogens is 270 g/mol. The summed E-state index contributed by atoms with van der Waals surface area (Å²) >= 11 is 0. The lowest BCUT2D eigenvalue weighted by atomic mass is 10.2. The van der Waals surface area contributed by atoms with E-state index in [0.717, 1.165) is 0 Å². The predicted molar refractivity (Wildman–Crippen MR) is 75.1 cm³/mol. The van der Waals surface area contributed by atoms with E-state index >= 15 is 0 Å². The van der Waals surface area contributed by atoms with Crippen LogP contribution in [0.5, 0.6) is 5.75 Å². The Bertz CT molecular complexity index is 680. The maximum atomic E-state index is 11.6. The van der Waals surface area contributed by atoms with Gasteiger partial charge < -0.3 is 15.2 Å². The van der Waals surface area contributed by atoms with Crippen LogP contribution in [0.2, 0.25) is 0 Å². The molecule has 0 atom stereocenters. The molecule has 0 aliphatic heterocycles. The van der Waals surface area contributed by atoms with Crippen molar-refractivity contribution in [3.8, 4) is 11.8 Å². The van der Waals surface area contributed by atoms with Crippen molar-refractivity contribution in [2.75, 3.05) is 12.3 Å². The first kappa shape index (κ1) is 14.3. The number of benzene rings is 1. The van der Waals surface area contributed by atoms with Gasteiger partial charge in [0.05, 0.1) is 0 Å². The maximum absolute atomic E-state index is 11.6. The van der Waals surface area contributed by atoms with E-state index in [2.05, 4.69) is 4.98 Å². The molecule has 2 rings (SSSR count). The molecule has 0 aliphatic rings.